The number of amides is 1. The number of rotatable bonds is 3. The van der Waals surface area contributed by atoms with Crippen LogP contribution in [0.5, 0.6) is 0 Å². The molecule has 0 bridgehead atoms. The third-order valence-corrected chi connectivity index (χ3v) is 5.72. The molecule has 2 atom stereocenters. The minimum absolute atomic E-state index is 0.0638. The molecule has 0 unspecified atom stereocenters. The van der Waals surface area contributed by atoms with E-state index in [4.69, 9.17) is 0 Å². The molecule has 3 heterocycles. The number of aromatic nitrogens is 1. The average molecular weight is 364 g/mol. The number of benzene rings is 1. The van der Waals surface area contributed by atoms with Crippen molar-refractivity contribution in [3.05, 3.63) is 58.0 Å². The first kappa shape index (κ1) is 17.6. The van der Waals surface area contributed by atoms with Gasteiger partial charge >= 0.3 is 0 Å². The van der Waals surface area contributed by atoms with Crippen molar-refractivity contribution >= 4 is 22.6 Å². The van der Waals surface area contributed by atoms with Crippen LogP contribution in [0.4, 0.5) is 0 Å². The third-order valence-electron chi connectivity index (χ3n) is 5.72. The summed E-state index contributed by atoms with van der Waals surface area (Å²) in [5.41, 5.74) is 5.62. The molecule has 5 heteroatoms. The van der Waals surface area contributed by atoms with Crippen LogP contribution in [0.3, 0.4) is 0 Å². The summed E-state index contributed by atoms with van der Waals surface area (Å²) >= 11 is 0. The van der Waals surface area contributed by atoms with Crippen molar-refractivity contribution in [3.8, 4) is 0 Å². The summed E-state index contributed by atoms with van der Waals surface area (Å²) in [6.07, 6.45) is 3.56. The molecule has 1 aromatic heterocycles. The number of nitrogens with zero attached hydrogens (tertiary/aromatic N) is 1. The number of nitrogens with one attached hydrogen (secondary N) is 1. The van der Waals surface area contributed by atoms with Crippen molar-refractivity contribution < 1.29 is 14.7 Å². The van der Waals surface area contributed by atoms with Crippen molar-refractivity contribution in [1.29, 1.82) is 0 Å². The second-order valence-electron chi connectivity index (χ2n) is 7.77. The number of aromatic amines is 1. The monoisotopic (exact) mass is 364 g/mol. The lowest BCUT2D eigenvalue weighted by atomic mass is 9.90. The lowest BCUT2D eigenvalue weighted by Crippen LogP contribution is -2.43. The first-order valence-electron chi connectivity index (χ1n) is 9.33. The summed E-state index contributed by atoms with van der Waals surface area (Å²) in [4.78, 5) is 29.7. The number of fused-ring (bicyclic) bond motifs is 4. The van der Waals surface area contributed by atoms with Crippen LogP contribution in [0.1, 0.15) is 50.6 Å². The zero-order chi connectivity index (χ0) is 19.5. The number of hydrogen-bond acceptors (Lipinski definition) is 3. The molecule has 0 aliphatic carbocycles. The molecule has 2 aromatic rings. The molecular weight excluding hydrogens is 340 g/mol. The van der Waals surface area contributed by atoms with E-state index >= 15 is 0 Å². The lowest BCUT2D eigenvalue weighted by Gasteiger charge is -2.36. The third kappa shape index (κ3) is 2.52. The van der Waals surface area contributed by atoms with Crippen LogP contribution >= 0.6 is 0 Å². The van der Waals surface area contributed by atoms with Gasteiger partial charge in [0.05, 0.1) is 12.1 Å². The van der Waals surface area contributed by atoms with Gasteiger partial charge < -0.3 is 15.0 Å². The van der Waals surface area contributed by atoms with Gasteiger partial charge in [0.2, 0.25) is 0 Å². The smallest absolute Gasteiger partial charge is 0.262 e. The number of ketones is 1. The van der Waals surface area contributed by atoms with Gasteiger partial charge in [-0.15, -0.1) is 0 Å². The molecule has 140 valence electrons. The molecule has 2 N–H and O–H groups in total. The predicted molar refractivity (Wildman–Crippen MR) is 105 cm³/mol. The summed E-state index contributed by atoms with van der Waals surface area (Å²) in [6.45, 7) is 7.45. The van der Waals surface area contributed by atoms with Gasteiger partial charge in [-0.3, -0.25) is 9.59 Å². The predicted octanol–water partition coefficient (Wildman–Crippen LogP) is 3.91. The number of aliphatic hydroxyl groups excluding tert-OH is 1. The largest absolute Gasteiger partial charge is 0.509 e. The first-order chi connectivity index (χ1) is 12.8. The Labute approximate surface area is 158 Å². The van der Waals surface area contributed by atoms with Crippen molar-refractivity contribution in [2.45, 2.75) is 52.6 Å². The lowest BCUT2D eigenvalue weighted by molar-refractivity contribution is -0.131. The minimum atomic E-state index is -0.464. The maximum absolute atomic E-state index is 12.7. The van der Waals surface area contributed by atoms with E-state index in [1.165, 1.54) is 23.4 Å². The summed E-state index contributed by atoms with van der Waals surface area (Å²) in [7, 11) is 0. The van der Waals surface area contributed by atoms with E-state index in [0.717, 1.165) is 23.2 Å². The zero-order valence-electron chi connectivity index (χ0n) is 16.1. The van der Waals surface area contributed by atoms with E-state index in [0.29, 0.717) is 6.42 Å². The maximum atomic E-state index is 12.7. The SMILES string of the molecule is CC(=O)C1=C(O)[C@@H]2Cc3c([nH]c4cccc(CC=C(C)C)c34)[C@@H](C)N2C1=O. The summed E-state index contributed by atoms with van der Waals surface area (Å²) in [5, 5.41) is 11.8. The van der Waals surface area contributed by atoms with E-state index < -0.39 is 6.04 Å². The highest BCUT2D eigenvalue weighted by atomic mass is 16.3. The molecule has 1 amide bonds. The van der Waals surface area contributed by atoms with Crippen molar-refractivity contribution in [2.24, 2.45) is 0 Å². The Morgan fingerprint density at radius 3 is 2.74 bits per heavy atom. The second-order valence-corrected chi connectivity index (χ2v) is 7.77. The van der Waals surface area contributed by atoms with E-state index in [9.17, 15) is 14.7 Å². The van der Waals surface area contributed by atoms with Gasteiger partial charge in [0.25, 0.3) is 5.91 Å². The van der Waals surface area contributed by atoms with Gasteiger partial charge in [-0.1, -0.05) is 23.8 Å². The van der Waals surface area contributed by atoms with Gasteiger partial charge in [0, 0.05) is 23.0 Å². The van der Waals surface area contributed by atoms with Gasteiger partial charge in [0.15, 0.2) is 5.78 Å². The number of allylic oxidation sites excluding steroid dienone is 2. The highest BCUT2D eigenvalue weighted by Gasteiger charge is 2.47. The number of carbonyl (C=O) groups excluding carboxylic acids is 2. The molecule has 1 aromatic carbocycles. The second kappa shape index (κ2) is 6.12. The Balaban J connectivity index is 1.87. The summed E-state index contributed by atoms with van der Waals surface area (Å²) < 4.78 is 0. The number of aliphatic hydroxyl groups is 1. The number of carbonyl (C=O) groups is 2. The van der Waals surface area contributed by atoms with Crippen LogP contribution in [-0.4, -0.2) is 32.7 Å². The molecular formula is C22H24N2O3. The Kier molecular flexibility index (Phi) is 3.98. The molecule has 0 saturated carbocycles. The number of H-pyrrole nitrogens is 1. The van der Waals surface area contributed by atoms with Crippen LogP contribution in [0.15, 0.2) is 41.2 Å². The van der Waals surface area contributed by atoms with Crippen LogP contribution in [0.2, 0.25) is 0 Å². The fourth-order valence-corrected chi connectivity index (χ4v) is 4.45. The average Bonchev–Trinajstić information content (AvgIpc) is 3.10. The molecule has 5 nitrogen and oxygen atoms in total. The Bertz CT molecular complexity index is 1040. The fourth-order valence-electron chi connectivity index (χ4n) is 4.45. The van der Waals surface area contributed by atoms with Gasteiger partial charge in [-0.05, 0) is 51.3 Å². The van der Waals surface area contributed by atoms with Gasteiger partial charge in [-0.25, -0.2) is 0 Å². The molecule has 0 fully saturated rings. The first-order valence-corrected chi connectivity index (χ1v) is 9.33. The summed E-state index contributed by atoms with van der Waals surface area (Å²) in [5.74, 6) is -0.829. The van der Waals surface area contributed by atoms with Crippen molar-refractivity contribution in [2.75, 3.05) is 0 Å². The highest BCUT2D eigenvalue weighted by Crippen LogP contribution is 2.43. The highest BCUT2D eigenvalue weighted by molar-refractivity contribution is 6.20. The van der Waals surface area contributed by atoms with E-state index in [1.54, 1.807) is 4.90 Å². The molecule has 0 spiro atoms. The van der Waals surface area contributed by atoms with Crippen molar-refractivity contribution in [1.82, 2.24) is 9.88 Å². The number of Topliss-reactive ketones (excluding diaryl/α,β-unsaturated/α-hetero) is 1. The topological polar surface area (TPSA) is 73.4 Å². The molecule has 2 aliphatic heterocycles. The van der Waals surface area contributed by atoms with Crippen LogP contribution in [-0.2, 0) is 22.4 Å². The number of hydrogen-bond donors (Lipinski definition) is 2. The molecule has 4 rings (SSSR count). The van der Waals surface area contributed by atoms with Gasteiger partial charge in [-0.2, -0.15) is 0 Å². The van der Waals surface area contributed by atoms with E-state index in [-0.39, 0.29) is 29.1 Å². The quantitative estimate of drug-likeness (QED) is 0.641. The van der Waals surface area contributed by atoms with Crippen LogP contribution < -0.4 is 0 Å². The zero-order valence-corrected chi connectivity index (χ0v) is 16.1. The Morgan fingerprint density at radius 1 is 1.33 bits per heavy atom. The van der Waals surface area contributed by atoms with Crippen molar-refractivity contribution in [3.63, 3.8) is 0 Å². The minimum Gasteiger partial charge on any atom is -0.509 e. The normalized spacial score (nSPS) is 21.5. The fraction of sp³-hybridized carbons (Fsp3) is 0.364. The van der Waals surface area contributed by atoms with Crippen LogP contribution in [0, 0.1) is 0 Å². The summed E-state index contributed by atoms with van der Waals surface area (Å²) in [6, 6.07) is 5.53. The molecule has 0 radical (unpaired) electrons. The van der Waals surface area contributed by atoms with Gasteiger partial charge in [0.1, 0.15) is 11.3 Å². The molecule has 2 aliphatic rings. The van der Waals surface area contributed by atoms with E-state index in [1.807, 2.05) is 13.0 Å². The standard InChI is InChI=1S/C22H24N2O3/c1-11(2)8-9-14-6-5-7-16-19(14)15-10-17-21(26)18(13(4)25)22(27)24(17)12(3)20(15)23-16/h5-8,12,17,23,26H,9-10H2,1-4H3/t12-,17+/m1/s1. The maximum Gasteiger partial charge on any atom is 0.262 e. The van der Waals surface area contributed by atoms with Crippen LogP contribution in [0.25, 0.3) is 10.9 Å². The Morgan fingerprint density at radius 2 is 2.07 bits per heavy atom. The Hall–Kier alpha value is -2.82. The molecule has 0 saturated heterocycles. The van der Waals surface area contributed by atoms with E-state index in [2.05, 4.69) is 37.0 Å². The molecule has 27 heavy (non-hydrogen) atoms.